The standard InChI is InChI=1S/C12H13Br2N/c1-3-7-15(8-4-2)12-6-5-10(13)9-11(12)14/h3-6,9H,1-2,7-8H2. The Morgan fingerprint density at radius 3 is 2.20 bits per heavy atom. The van der Waals surface area contributed by atoms with Gasteiger partial charge in [-0.05, 0) is 34.1 Å². The van der Waals surface area contributed by atoms with Crippen molar-refractivity contribution in [2.24, 2.45) is 0 Å². The summed E-state index contributed by atoms with van der Waals surface area (Å²) in [5, 5.41) is 0. The third kappa shape index (κ3) is 3.50. The zero-order valence-electron chi connectivity index (χ0n) is 8.42. The first-order chi connectivity index (χ1) is 7.19. The van der Waals surface area contributed by atoms with Crippen LogP contribution in [0, 0.1) is 0 Å². The van der Waals surface area contributed by atoms with Crippen molar-refractivity contribution in [3.8, 4) is 0 Å². The van der Waals surface area contributed by atoms with Crippen LogP contribution in [-0.2, 0) is 0 Å². The smallest absolute Gasteiger partial charge is 0.0517 e. The van der Waals surface area contributed by atoms with Gasteiger partial charge in [0.2, 0.25) is 0 Å². The highest BCUT2D eigenvalue weighted by molar-refractivity contribution is 9.11. The van der Waals surface area contributed by atoms with E-state index >= 15 is 0 Å². The molecule has 15 heavy (non-hydrogen) atoms. The van der Waals surface area contributed by atoms with E-state index in [9.17, 15) is 0 Å². The van der Waals surface area contributed by atoms with Crippen LogP contribution in [0.1, 0.15) is 0 Å². The Kier molecular flexibility index (Phi) is 5.12. The van der Waals surface area contributed by atoms with E-state index in [0.717, 1.165) is 27.7 Å². The number of nitrogens with zero attached hydrogens (tertiary/aromatic N) is 1. The maximum atomic E-state index is 3.75. The molecular weight excluding hydrogens is 318 g/mol. The van der Waals surface area contributed by atoms with Gasteiger partial charge in [-0.1, -0.05) is 28.1 Å². The van der Waals surface area contributed by atoms with Crippen LogP contribution in [0.2, 0.25) is 0 Å². The molecule has 0 aliphatic rings. The van der Waals surface area contributed by atoms with Crippen LogP contribution in [0.5, 0.6) is 0 Å². The summed E-state index contributed by atoms with van der Waals surface area (Å²) in [7, 11) is 0. The number of benzene rings is 1. The predicted octanol–water partition coefficient (Wildman–Crippen LogP) is 4.39. The lowest BCUT2D eigenvalue weighted by molar-refractivity contribution is 0.953. The molecule has 0 aromatic heterocycles. The quantitative estimate of drug-likeness (QED) is 0.724. The number of rotatable bonds is 5. The van der Waals surface area contributed by atoms with Crippen molar-refractivity contribution in [1.82, 2.24) is 0 Å². The van der Waals surface area contributed by atoms with Crippen molar-refractivity contribution in [2.75, 3.05) is 18.0 Å². The van der Waals surface area contributed by atoms with Crippen LogP contribution in [0.3, 0.4) is 0 Å². The van der Waals surface area contributed by atoms with Gasteiger partial charge in [0.1, 0.15) is 0 Å². The lowest BCUT2D eigenvalue weighted by Crippen LogP contribution is -2.23. The van der Waals surface area contributed by atoms with Crippen molar-refractivity contribution >= 4 is 37.5 Å². The number of hydrogen-bond acceptors (Lipinski definition) is 1. The topological polar surface area (TPSA) is 3.24 Å². The van der Waals surface area contributed by atoms with Crippen LogP contribution in [-0.4, -0.2) is 13.1 Å². The van der Waals surface area contributed by atoms with Crippen molar-refractivity contribution in [2.45, 2.75) is 0 Å². The van der Waals surface area contributed by atoms with Gasteiger partial charge in [0.05, 0.1) is 5.69 Å². The Balaban J connectivity index is 2.98. The monoisotopic (exact) mass is 329 g/mol. The normalized spacial score (nSPS) is 9.73. The van der Waals surface area contributed by atoms with Crippen LogP contribution in [0.4, 0.5) is 5.69 Å². The van der Waals surface area contributed by atoms with E-state index in [4.69, 9.17) is 0 Å². The Morgan fingerprint density at radius 1 is 1.13 bits per heavy atom. The minimum atomic E-state index is 0.812. The second-order valence-electron chi connectivity index (χ2n) is 3.08. The molecule has 0 spiro atoms. The number of halogens is 2. The molecule has 0 N–H and O–H groups in total. The second-order valence-corrected chi connectivity index (χ2v) is 4.85. The zero-order chi connectivity index (χ0) is 11.3. The van der Waals surface area contributed by atoms with E-state index in [1.807, 2.05) is 24.3 Å². The molecule has 0 saturated heterocycles. The van der Waals surface area contributed by atoms with E-state index in [1.54, 1.807) is 0 Å². The van der Waals surface area contributed by atoms with Gasteiger partial charge in [0.25, 0.3) is 0 Å². The molecule has 0 fully saturated rings. The maximum absolute atomic E-state index is 3.75. The molecule has 0 bridgehead atoms. The molecule has 0 unspecified atom stereocenters. The molecular formula is C12H13Br2N. The Hall–Kier alpha value is -0.540. The van der Waals surface area contributed by atoms with Crippen molar-refractivity contribution in [3.63, 3.8) is 0 Å². The fourth-order valence-electron chi connectivity index (χ4n) is 1.32. The average Bonchev–Trinajstić information content (AvgIpc) is 2.17. The van der Waals surface area contributed by atoms with Crippen molar-refractivity contribution in [3.05, 3.63) is 52.5 Å². The van der Waals surface area contributed by atoms with Crippen LogP contribution in [0.25, 0.3) is 0 Å². The molecule has 0 aliphatic heterocycles. The molecule has 0 heterocycles. The molecule has 0 amide bonds. The molecule has 0 radical (unpaired) electrons. The SMILES string of the molecule is C=CCN(CC=C)c1ccc(Br)cc1Br. The molecule has 1 rings (SSSR count). The highest BCUT2D eigenvalue weighted by Gasteiger charge is 2.07. The maximum Gasteiger partial charge on any atom is 0.0517 e. The van der Waals surface area contributed by atoms with E-state index in [2.05, 4.69) is 56.0 Å². The van der Waals surface area contributed by atoms with Gasteiger partial charge in [-0.25, -0.2) is 0 Å². The molecule has 3 heteroatoms. The lowest BCUT2D eigenvalue weighted by atomic mass is 10.3. The van der Waals surface area contributed by atoms with Gasteiger partial charge >= 0.3 is 0 Å². The summed E-state index contributed by atoms with van der Waals surface area (Å²) in [5.74, 6) is 0. The molecule has 0 saturated carbocycles. The molecule has 1 aromatic rings. The van der Waals surface area contributed by atoms with E-state index in [1.165, 1.54) is 0 Å². The first kappa shape index (κ1) is 12.5. The number of hydrogen-bond donors (Lipinski definition) is 0. The molecule has 1 nitrogen and oxygen atoms in total. The molecule has 0 aliphatic carbocycles. The fourth-order valence-corrected chi connectivity index (χ4v) is 2.62. The third-order valence-corrected chi connectivity index (χ3v) is 3.08. The molecule has 0 atom stereocenters. The molecule has 80 valence electrons. The Morgan fingerprint density at radius 2 is 1.73 bits per heavy atom. The van der Waals surface area contributed by atoms with E-state index < -0.39 is 0 Å². The first-order valence-corrected chi connectivity index (χ1v) is 6.19. The average molecular weight is 331 g/mol. The minimum absolute atomic E-state index is 0.812. The minimum Gasteiger partial charge on any atom is -0.363 e. The second kappa shape index (κ2) is 6.13. The molecule has 1 aromatic carbocycles. The zero-order valence-corrected chi connectivity index (χ0v) is 11.6. The lowest BCUT2D eigenvalue weighted by Gasteiger charge is -2.23. The van der Waals surface area contributed by atoms with Crippen LogP contribution >= 0.6 is 31.9 Å². The summed E-state index contributed by atoms with van der Waals surface area (Å²) in [6.07, 6.45) is 3.77. The van der Waals surface area contributed by atoms with Gasteiger partial charge in [-0.15, -0.1) is 13.2 Å². The van der Waals surface area contributed by atoms with Crippen LogP contribution in [0.15, 0.2) is 52.5 Å². The van der Waals surface area contributed by atoms with Crippen molar-refractivity contribution in [1.29, 1.82) is 0 Å². The Bertz CT molecular complexity index is 351. The largest absolute Gasteiger partial charge is 0.363 e. The van der Waals surface area contributed by atoms with Gasteiger partial charge in [-0.2, -0.15) is 0 Å². The van der Waals surface area contributed by atoms with Gasteiger partial charge < -0.3 is 4.90 Å². The summed E-state index contributed by atoms with van der Waals surface area (Å²) in [5.41, 5.74) is 1.15. The highest BCUT2D eigenvalue weighted by atomic mass is 79.9. The van der Waals surface area contributed by atoms with Crippen LogP contribution < -0.4 is 4.90 Å². The number of anilines is 1. The predicted molar refractivity (Wildman–Crippen MR) is 74.4 cm³/mol. The van der Waals surface area contributed by atoms with Gasteiger partial charge in [-0.3, -0.25) is 0 Å². The van der Waals surface area contributed by atoms with E-state index in [0.29, 0.717) is 0 Å². The first-order valence-electron chi connectivity index (χ1n) is 4.61. The summed E-state index contributed by atoms with van der Waals surface area (Å²) >= 11 is 6.98. The summed E-state index contributed by atoms with van der Waals surface area (Å²) in [6.45, 7) is 9.13. The third-order valence-electron chi connectivity index (χ3n) is 1.95. The Labute approximate surface area is 108 Å². The van der Waals surface area contributed by atoms with Gasteiger partial charge in [0, 0.05) is 22.0 Å². The highest BCUT2D eigenvalue weighted by Crippen LogP contribution is 2.29. The summed E-state index contributed by atoms with van der Waals surface area (Å²) < 4.78 is 2.14. The van der Waals surface area contributed by atoms with Gasteiger partial charge in [0.15, 0.2) is 0 Å². The van der Waals surface area contributed by atoms with Crippen molar-refractivity contribution < 1.29 is 0 Å². The fraction of sp³-hybridized carbons (Fsp3) is 0.167. The summed E-state index contributed by atoms with van der Waals surface area (Å²) in [6, 6.07) is 6.13. The van der Waals surface area contributed by atoms with E-state index in [-0.39, 0.29) is 0 Å². The summed E-state index contributed by atoms with van der Waals surface area (Å²) in [4.78, 5) is 2.19.